The largest absolute Gasteiger partial charge is 0.497 e. The summed E-state index contributed by atoms with van der Waals surface area (Å²) >= 11 is 1.23. The van der Waals surface area contributed by atoms with Crippen LogP contribution in [0.1, 0.15) is 16.6 Å². The van der Waals surface area contributed by atoms with E-state index in [-0.39, 0.29) is 6.61 Å². The Morgan fingerprint density at radius 2 is 1.92 bits per heavy atom. The van der Waals surface area contributed by atoms with E-state index >= 15 is 0 Å². The summed E-state index contributed by atoms with van der Waals surface area (Å²) in [6.45, 7) is 0.935. The summed E-state index contributed by atoms with van der Waals surface area (Å²) in [6.07, 6.45) is 0. The number of aromatic nitrogens is 1. The number of nitrogens with zero attached hydrogens (tertiary/aromatic N) is 2. The van der Waals surface area contributed by atoms with E-state index in [0.717, 1.165) is 5.69 Å². The molecule has 0 bridgehead atoms. The van der Waals surface area contributed by atoms with Crippen LogP contribution in [-0.2, 0) is 14.3 Å². The van der Waals surface area contributed by atoms with Crippen molar-refractivity contribution in [1.82, 2.24) is 4.98 Å². The molecule has 2 rings (SSSR count). The van der Waals surface area contributed by atoms with Gasteiger partial charge in [0.25, 0.3) is 0 Å². The highest BCUT2D eigenvalue weighted by molar-refractivity contribution is 7.09. The lowest BCUT2D eigenvalue weighted by Gasteiger charge is -2.08. The van der Waals surface area contributed by atoms with Crippen molar-refractivity contribution in [2.24, 2.45) is 0 Å². The van der Waals surface area contributed by atoms with E-state index in [4.69, 9.17) is 19.5 Å². The van der Waals surface area contributed by atoms with Crippen molar-refractivity contribution in [2.75, 3.05) is 20.3 Å². The topological polar surface area (TPSA) is 98.5 Å². The molecule has 1 aromatic carbocycles. The fraction of sp³-hybridized carbons (Fsp3) is 0.294. The van der Waals surface area contributed by atoms with Crippen molar-refractivity contribution >= 4 is 23.1 Å². The van der Waals surface area contributed by atoms with E-state index in [2.05, 4.69) is 4.98 Å². The number of aryl methyl sites for hydroxylation is 1. The lowest BCUT2D eigenvalue weighted by Crippen LogP contribution is -2.22. The lowest BCUT2D eigenvalue weighted by atomic mass is 10.1. The molecule has 0 N–H and O–H groups in total. The van der Waals surface area contributed by atoms with E-state index in [1.165, 1.54) is 11.3 Å². The second-order valence-electron chi connectivity index (χ2n) is 4.98. The number of rotatable bonds is 8. The summed E-state index contributed by atoms with van der Waals surface area (Å²) in [5, 5.41) is 11.3. The van der Waals surface area contributed by atoms with Gasteiger partial charge in [0.2, 0.25) is 0 Å². The van der Waals surface area contributed by atoms with Crippen LogP contribution in [0.25, 0.3) is 0 Å². The number of carbonyl (C=O) groups excluding carboxylic acids is 2. The number of esters is 1. The second kappa shape index (κ2) is 8.80. The Hall–Kier alpha value is -2.92. The number of benzene rings is 1. The van der Waals surface area contributed by atoms with Crippen molar-refractivity contribution in [3.8, 4) is 17.6 Å². The highest BCUT2D eigenvalue weighted by atomic mass is 32.1. The van der Waals surface area contributed by atoms with Crippen molar-refractivity contribution in [1.29, 1.82) is 5.26 Å². The number of methoxy groups -OCH3 is 1. The van der Waals surface area contributed by atoms with Gasteiger partial charge >= 0.3 is 5.97 Å². The van der Waals surface area contributed by atoms with Gasteiger partial charge in [-0.2, -0.15) is 5.26 Å². The van der Waals surface area contributed by atoms with Crippen LogP contribution in [-0.4, -0.2) is 37.1 Å². The number of thiazole rings is 1. The van der Waals surface area contributed by atoms with Gasteiger partial charge in [-0.1, -0.05) is 0 Å². The van der Waals surface area contributed by atoms with Gasteiger partial charge in [0.15, 0.2) is 24.9 Å². The third-order valence-electron chi connectivity index (χ3n) is 3.13. The molecule has 7 nitrogen and oxygen atoms in total. The highest BCUT2D eigenvalue weighted by Crippen LogP contribution is 2.21. The fourth-order valence-corrected chi connectivity index (χ4v) is 2.72. The van der Waals surface area contributed by atoms with Crippen LogP contribution in [0.3, 0.4) is 0 Å². The minimum absolute atomic E-state index is 0.340. The first kappa shape index (κ1) is 18.4. The highest BCUT2D eigenvalue weighted by Gasteiger charge is 2.24. The van der Waals surface area contributed by atoms with Crippen LogP contribution >= 0.6 is 11.3 Å². The molecule has 2 aromatic rings. The zero-order valence-corrected chi connectivity index (χ0v) is 14.5. The normalized spacial score (nSPS) is 11.2. The molecule has 1 atom stereocenters. The summed E-state index contributed by atoms with van der Waals surface area (Å²) in [7, 11) is 1.55. The Kier molecular flexibility index (Phi) is 6.48. The third-order valence-corrected chi connectivity index (χ3v) is 4.15. The van der Waals surface area contributed by atoms with Crippen LogP contribution in [0.4, 0.5) is 0 Å². The Bertz CT molecular complexity index is 779. The van der Waals surface area contributed by atoms with Gasteiger partial charge in [-0.25, -0.2) is 9.78 Å². The van der Waals surface area contributed by atoms with Crippen molar-refractivity contribution in [3.63, 3.8) is 0 Å². The van der Waals surface area contributed by atoms with Gasteiger partial charge < -0.3 is 14.2 Å². The predicted octanol–water partition coefficient (Wildman–Crippen LogP) is 2.26. The maximum Gasteiger partial charge on any atom is 0.344 e. The molecule has 0 unspecified atom stereocenters. The average Bonchev–Trinajstić information content (AvgIpc) is 3.05. The van der Waals surface area contributed by atoms with E-state index in [9.17, 15) is 9.59 Å². The summed E-state index contributed by atoms with van der Waals surface area (Å²) < 4.78 is 15.1. The van der Waals surface area contributed by atoms with Gasteiger partial charge in [0.05, 0.1) is 13.2 Å². The van der Waals surface area contributed by atoms with Gasteiger partial charge in [-0.05, 0) is 31.2 Å². The molecule has 1 heterocycles. The lowest BCUT2D eigenvalue weighted by molar-refractivity contribution is -0.150. The van der Waals surface area contributed by atoms with Crippen LogP contribution in [0.2, 0.25) is 0 Å². The van der Waals surface area contributed by atoms with Crippen LogP contribution in [0.15, 0.2) is 29.6 Å². The first-order valence-electron chi connectivity index (χ1n) is 7.30. The maximum atomic E-state index is 12.0. The van der Waals surface area contributed by atoms with Crippen molar-refractivity contribution < 1.29 is 23.8 Å². The Balaban J connectivity index is 1.80. The zero-order chi connectivity index (χ0) is 18.2. The van der Waals surface area contributed by atoms with Crippen LogP contribution in [0, 0.1) is 18.3 Å². The molecule has 0 saturated carbocycles. The van der Waals surface area contributed by atoms with Crippen LogP contribution in [0.5, 0.6) is 11.5 Å². The molecule has 1 aromatic heterocycles. The van der Waals surface area contributed by atoms with Crippen LogP contribution < -0.4 is 9.47 Å². The molecule has 0 saturated heterocycles. The van der Waals surface area contributed by atoms with Crippen molar-refractivity contribution in [2.45, 2.75) is 12.8 Å². The molecule has 0 amide bonds. The number of hydrogen-bond acceptors (Lipinski definition) is 8. The molecule has 8 heteroatoms. The standard InChI is InChI=1S/C17H16N2O5S/c1-11-10-25-17(19-11)14(7-18)15(20)8-24-16(21)9-23-13-5-3-12(22-2)4-6-13/h3-6,10,14H,8-9H2,1-2H3/t14-/m0/s1. The second-order valence-corrected chi connectivity index (χ2v) is 5.87. The Labute approximate surface area is 148 Å². The minimum Gasteiger partial charge on any atom is -0.497 e. The molecule has 0 aliphatic heterocycles. The molecular weight excluding hydrogens is 344 g/mol. The Morgan fingerprint density at radius 1 is 1.24 bits per heavy atom. The molecule has 0 radical (unpaired) electrons. The molecule has 0 aliphatic rings. The summed E-state index contributed by atoms with van der Waals surface area (Å²) in [4.78, 5) is 27.8. The van der Waals surface area contributed by atoms with Crippen molar-refractivity contribution in [3.05, 3.63) is 40.3 Å². The zero-order valence-electron chi connectivity index (χ0n) is 13.7. The fourth-order valence-electron chi connectivity index (χ4n) is 1.86. The first-order valence-corrected chi connectivity index (χ1v) is 8.18. The molecular formula is C17H16N2O5S. The molecule has 0 fully saturated rings. The van der Waals surface area contributed by atoms with E-state index in [1.807, 2.05) is 6.07 Å². The number of ketones is 1. The van der Waals surface area contributed by atoms with Gasteiger partial charge in [0, 0.05) is 11.1 Å². The SMILES string of the molecule is COc1ccc(OCC(=O)OCC(=O)[C@H](C#N)c2nc(C)cs2)cc1. The smallest absolute Gasteiger partial charge is 0.344 e. The van der Waals surface area contributed by atoms with E-state index in [0.29, 0.717) is 16.5 Å². The number of ether oxygens (including phenoxy) is 3. The predicted molar refractivity (Wildman–Crippen MR) is 89.7 cm³/mol. The van der Waals surface area contributed by atoms with Gasteiger partial charge in [-0.15, -0.1) is 11.3 Å². The first-order chi connectivity index (χ1) is 12.0. The Morgan fingerprint density at radius 3 is 2.48 bits per heavy atom. The quantitative estimate of drug-likeness (QED) is 0.666. The summed E-state index contributed by atoms with van der Waals surface area (Å²) in [5.41, 5.74) is 0.734. The average molecular weight is 360 g/mol. The number of nitriles is 1. The number of hydrogen-bond donors (Lipinski definition) is 0. The molecule has 0 aliphatic carbocycles. The minimum atomic E-state index is -1.03. The van der Waals surface area contributed by atoms with Gasteiger partial charge in [-0.3, -0.25) is 4.79 Å². The third kappa shape index (κ3) is 5.29. The number of carbonyl (C=O) groups is 2. The molecule has 25 heavy (non-hydrogen) atoms. The monoisotopic (exact) mass is 360 g/mol. The van der Waals surface area contributed by atoms with E-state index < -0.39 is 24.3 Å². The maximum absolute atomic E-state index is 12.0. The molecule has 0 spiro atoms. The summed E-state index contributed by atoms with van der Waals surface area (Å²) in [5.74, 6) is -1.11. The van der Waals surface area contributed by atoms with Gasteiger partial charge in [0.1, 0.15) is 16.5 Å². The number of Topliss-reactive ketones (excluding diaryl/α,β-unsaturated/α-hetero) is 1. The van der Waals surface area contributed by atoms with E-state index in [1.54, 1.807) is 43.7 Å². The summed E-state index contributed by atoms with van der Waals surface area (Å²) in [6, 6.07) is 8.57. The molecule has 130 valence electrons.